The van der Waals surface area contributed by atoms with Crippen molar-refractivity contribution in [1.82, 2.24) is 10.2 Å². The van der Waals surface area contributed by atoms with Crippen molar-refractivity contribution in [3.05, 3.63) is 35.4 Å². The fraction of sp³-hybridized carbons (Fsp3) is 0.667. The van der Waals surface area contributed by atoms with Crippen molar-refractivity contribution in [3.8, 4) is 0 Å². The second-order valence-electron chi connectivity index (χ2n) is 10.2. The number of carbonyl (C=O) groups excluding carboxylic acids is 2. The molecule has 3 rings (SSSR count). The van der Waals surface area contributed by atoms with E-state index in [9.17, 15) is 14.4 Å². The monoisotopic (exact) mass is 472 g/mol. The molecule has 0 bridgehead atoms. The van der Waals surface area contributed by atoms with Gasteiger partial charge in [0.15, 0.2) is 0 Å². The second-order valence-corrected chi connectivity index (χ2v) is 10.2. The first kappa shape index (κ1) is 26.2. The molecule has 1 aromatic rings. The number of hydrogen-bond acceptors (Lipinski definition) is 4. The van der Waals surface area contributed by atoms with Gasteiger partial charge in [0, 0.05) is 25.6 Å². The van der Waals surface area contributed by atoms with Crippen LogP contribution in [0.5, 0.6) is 0 Å². The van der Waals surface area contributed by atoms with Gasteiger partial charge in [0.2, 0.25) is 11.8 Å². The largest absolute Gasteiger partial charge is 0.478 e. The summed E-state index contributed by atoms with van der Waals surface area (Å²) >= 11 is 0. The number of amides is 2. The van der Waals surface area contributed by atoms with Crippen molar-refractivity contribution in [3.63, 3.8) is 0 Å². The van der Waals surface area contributed by atoms with Crippen LogP contribution in [-0.2, 0) is 14.3 Å². The molecular weight excluding hydrogens is 432 g/mol. The van der Waals surface area contributed by atoms with Crippen molar-refractivity contribution in [1.29, 1.82) is 0 Å². The van der Waals surface area contributed by atoms with Crippen molar-refractivity contribution in [2.45, 2.75) is 83.8 Å². The lowest BCUT2D eigenvalue weighted by atomic mass is 9.88. The molecule has 1 saturated heterocycles. The molecule has 1 saturated carbocycles. The summed E-state index contributed by atoms with van der Waals surface area (Å²) in [5.41, 5.74) is 1.38. The minimum Gasteiger partial charge on any atom is -0.478 e. The zero-order chi connectivity index (χ0) is 24.7. The fourth-order valence-corrected chi connectivity index (χ4v) is 4.97. The van der Waals surface area contributed by atoms with Gasteiger partial charge in [-0.3, -0.25) is 9.59 Å². The van der Waals surface area contributed by atoms with Crippen LogP contribution in [0.2, 0.25) is 0 Å². The average Bonchev–Trinajstić information content (AvgIpc) is 2.86. The Morgan fingerprint density at radius 1 is 1.00 bits per heavy atom. The molecule has 1 aromatic carbocycles. The SMILES string of the molecule is CC(C)C(=O)NC(C(=O)N1CCC(c2ccc(C(=O)O)cc2)CC1)C(C)OCC1CCCCC1. The van der Waals surface area contributed by atoms with E-state index in [2.05, 4.69) is 5.32 Å². The topological polar surface area (TPSA) is 95.9 Å². The van der Waals surface area contributed by atoms with Crippen molar-refractivity contribution >= 4 is 17.8 Å². The van der Waals surface area contributed by atoms with Gasteiger partial charge >= 0.3 is 5.97 Å². The number of likely N-dealkylation sites (tertiary alicyclic amines) is 1. The van der Waals surface area contributed by atoms with E-state index in [1.54, 1.807) is 12.1 Å². The number of hydrogen-bond donors (Lipinski definition) is 2. The number of carboxylic acid groups (broad SMARTS) is 1. The highest BCUT2D eigenvalue weighted by Gasteiger charge is 2.34. The molecule has 7 heteroatoms. The van der Waals surface area contributed by atoms with Crippen LogP contribution in [0.4, 0.5) is 0 Å². The summed E-state index contributed by atoms with van der Waals surface area (Å²) in [5, 5.41) is 12.1. The number of rotatable bonds is 9. The smallest absolute Gasteiger partial charge is 0.335 e. The highest BCUT2D eigenvalue weighted by atomic mass is 16.5. The molecule has 2 amide bonds. The fourth-order valence-electron chi connectivity index (χ4n) is 4.97. The van der Waals surface area contributed by atoms with Crippen molar-refractivity contribution in [2.24, 2.45) is 11.8 Å². The molecular formula is C27H40N2O5. The zero-order valence-electron chi connectivity index (χ0n) is 20.8. The van der Waals surface area contributed by atoms with Crippen molar-refractivity contribution < 1.29 is 24.2 Å². The van der Waals surface area contributed by atoms with E-state index >= 15 is 0 Å². The summed E-state index contributed by atoms with van der Waals surface area (Å²) in [7, 11) is 0. The summed E-state index contributed by atoms with van der Waals surface area (Å²) in [4.78, 5) is 38.9. The molecule has 2 unspecified atom stereocenters. The molecule has 0 radical (unpaired) electrons. The van der Waals surface area contributed by atoms with Crippen LogP contribution in [0.25, 0.3) is 0 Å². The van der Waals surface area contributed by atoms with Crippen LogP contribution < -0.4 is 5.32 Å². The van der Waals surface area contributed by atoms with Crippen LogP contribution in [0, 0.1) is 11.8 Å². The van der Waals surface area contributed by atoms with Gasteiger partial charge < -0.3 is 20.1 Å². The Morgan fingerprint density at radius 2 is 1.62 bits per heavy atom. The number of carboxylic acids is 1. The Morgan fingerprint density at radius 3 is 2.18 bits per heavy atom. The van der Waals surface area contributed by atoms with Crippen LogP contribution in [0.3, 0.4) is 0 Å². The molecule has 1 aliphatic carbocycles. The van der Waals surface area contributed by atoms with Gasteiger partial charge in [-0.25, -0.2) is 4.79 Å². The van der Waals surface area contributed by atoms with E-state index in [0.717, 1.165) is 18.4 Å². The standard InChI is InChI=1S/C27H40N2O5/c1-18(2)25(30)28-24(19(3)34-17-20-7-5-4-6-8-20)26(31)29-15-13-22(14-16-29)21-9-11-23(12-10-21)27(32)33/h9-12,18-20,22,24H,4-8,13-17H2,1-3H3,(H,28,30)(H,32,33). The van der Waals surface area contributed by atoms with Gasteiger partial charge in [-0.2, -0.15) is 0 Å². The molecule has 2 atom stereocenters. The van der Waals surface area contributed by atoms with E-state index in [4.69, 9.17) is 9.84 Å². The third-order valence-corrected chi connectivity index (χ3v) is 7.31. The molecule has 2 aliphatic rings. The number of nitrogens with zero attached hydrogens (tertiary/aromatic N) is 1. The maximum Gasteiger partial charge on any atom is 0.335 e. The highest BCUT2D eigenvalue weighted by molar-refractivity contribution is 5.89. The van der Waals surface area contributed by atoms with Crippen LogP contribution in [0.1, 0.15) is 87.6 Å². The van der Waals surface area contributed by atoms with Crippen molar-refractivity contribution in [2.75, 3.05) is 19.7 Å². The molecule has 0 spiro atoms. The number of aromatic carboxylic acids is 1. The van der Waals surface area contributed by atoms with E-state index in [1.165, 1.54) is 32.1 Å². The minimum absolute atomic E-state index is 0.0789. The second kappa shape index (κ2) is 12.3. The van der Waals surface area contributed by atoms with Crippen LogP contribution in [-0.4, -0.2) is 59.6 Å². The third kappa shape index (κ3) is 7.05. The lowest BCUT2D eigenvalue weighted by Crippen LogP contribution is -2.56. The molecule has 1 aliphatic heterocycles. The predicted octanol–water partition coefficient (Wildman–Crippen LogP) is 4.22. The Labute approximate surface area is 203 Å². The number of nitrogens with one attached hydrogen (secondary N) is 1. The zero-order valence-corrected chi connectivity index (χ0v) is 20.8. The number of carbonyl (C=O) groups is 3. The first-order valence-electron chi connectivity index (χ1n) is 12.8. The van der Waals surface area contributed by atoms with Gasteiger partial charge in [0.05, 0.1) is 11.7 Å². The molecule has 1 heterocycles. The minimum atomic E-state index is -0.929. The number of piperidine rings is 1. The third-order valence-electron chi connectivity index (χ3n) is 7.31. The highest BCUT2D eigenvalue weighted by Crippen LogP contribution is 2.29. The maximum atomic E-state index is 13.5. The van der Waals surface area contributed by atoms with E-state index in [-0.39, 0.29) is 29.2 Å². The molecule has 34 heavy (non-hydrogen) atoms. The first-order chi connectivity index (χ1) is 16.3. The first-order valence-corrected chi connectivity index (χ1v) is 12.8. The van der Waals surface area contributed by atoms with Gasteiger partial charge in [-0.15, -0.1) is 0 Å². The van der Waals surface area contributed by atoms with E-state index in [1.807, 2.05) is 37.8 Å². The van der Waals surface area contributed by atoms with Gasteiger partial charge in [-0.1, -0.05) is 45.2 Å². The van der Waals surface area contributed by atoms with Gasteiger partial charge in [-0.05, 0) is 62.1 Å². The molecule has 2 fully saturated rings. The predicted molar refractivity (Wildman–Crippen MR) is 131 cm³/mol. The summed E-state index contributed by atoms with van der Waals surface area (Å²) in [6.07, 6.45) is 7.33. The average molecular weight is 473 g/mol. The Hall–Kier alpha value is -2.41. The van der Waals surface area contributed by atoms with E-state index < -0.39 is 18.1 Å². The molecule has 7 nitrogen and oxygen atoms in total. The lowest BCUT2D eigenvalue weighted by molar-refractivity contribution is -0.142. The van der Waals surface area contributed by atoms with Crippen LogP contribution >= 0.6 is 0 Å². The Balaban J connectivity index is 1.59. The molecule has 188 valence electrons. The van der Waals surface area contributed by atoms with Gasteiger partial charge in [0.25, 0.3) is 0 Å². The summed E-state index contributed by atoms with van der Waals surface area (Å²) in [5.74, 6) is -0.530. The Kier molecular flexibility index (Phi) is 9.51. The van der Waals surface area contributed by atoms with Gasteiger partial charge in [0.1, 0.15) is 6.04 Å². The molecule has 0 aromatic heterocycles. The maximum absolute atomic E-state index is 13.5. The number of ether oxygens (including phenoxy) is 1. The normalized spacial score (nSPS) is 19.6. The Bertz CT molecular complexity index is 824. The number of benzene rings is 1. The van der Waals surface area contributed by atoms with Crippen LogP contribution in [0.15, 0.2) is 24.3 Å². The lowest BCUT2D eigenvalue weighted by Gasteiger charge is -2.36. The molecule has 2 N–H and O–H groups in total. The summed E-state index contributed by atoms with van der Waals surface area (Å²) in [6, 6.07) is 6.33. The summed E-state index contributed by atoms with van der Waals surface area (Å²) in [6.45, 7) is 7.39. The quantitative estimate of drug-likeness (QED) is 0.561. The van der Waals surface area contributed by atoms with E-state index in [0.29, 0.717) is 25.6 Å². The summed E-state index contributed by atoms with van der Waals surface area (Å²) < 4.78 is 6.15.